The van der Waals surface area contributed by atoms with E-state index in [-0.39, 0.29) is 12.5 Å². The molecule has 6 heteroatoms. The Bertz CT molecular complexity index is 407. The SMILES string of the molecule is CCCNc1nc(C)cc(N(CC)CC(N)=O)n1. The van der Waals surface area contributed by atoms with E-state index >= 15 is 0 Å². The topological polar surface area (TPSA) is 84.1 Å². The van der Waals surface area contributed by atoms with Crippen molar-refractivity contribution in [2.45, 2.75) is 27.2 Å². The van der Waals surface area contributed by atoms with Gasteiger partial charge in [-0.3, -0.25) is 4.79 Å². The maximum atomic E-state index is 11.0. The molecule has 0 saturated heterocycles. The summed E-state index contributed by atoms with van der Waals surface area (Å²) in [7, 11) is 0. The number of anilines is 2. The van der Waals surface area contributed by atoms with Crippen LogP contribution in [0.1, 0.15) is 26.0 Å². The number of nitrogens with zero attached hydrogens (tertiary/aromatic N) is 3. The molecule has 0 aliphatic carbocycles. The number of carbonyl (C=O) groups is 1. The van der Waals surface area contributed by atoms with Crippen LogP contribution in [0.2, 0.25) is 0 Å². The lowest BCUT2D eigenvalue weighted by molar-refractivity contribution is -0.116. The van der Waals surface area contributed by atoms with Crippen LogP contribution >= 0.6 is 0 Å². The van der Waals surface area contributed by atoms with Gasteiger partial charge in [-0.2, -0.15) is 4.98 Å². The van der Waals surface area contributed by atoms with Gasteiger partial charge >= 0.3 is 0 Å². The Morgan fingerprint density at radius 2 is 2.17 bits per heavy atom. The number of aryl methyl sites for hydroxylation is 1. The van der Waals surface area contributed by atoms with E-state index in [1.54, 1.807) is 0 Å². The highest BCUT2D eigenvalue weighted by Gasteiger charge is 2.11. The summed E-state index contributed by atoms with van der Waals surface area (Å²) in [5.41, 5.74) is 6.09. The predicted molar refractivity (Wildman–Crippen MR) is 72.6 cm³/mol. The van der Waals surface area contributed by atoms with Gasteiger partial charge < -0.3 is 16.0 Å². The molecule has 18 heavy (non-hydrogen) atoms. The van der Waals surface area contributed by atoms with Crippen molar-refractivity contribution in [3.8, 4) is 0 Å². The monoisotopic (exact) mass is 251 g/mol. The van der Waals surface area contributed by atoms with Gasteiger partial charge in [0.2, 0.25) is 11.9 Å². The summed E-state index contributed by atoms with van der Waals surface area (Å²) in [4.78, 5) is 21.5. The average molecular weight is 251 g/mol. The van der Waals surface area contributed by atoms with Crippen molar-refractivity contribution in [2.75, 3.05) is 29.9 Å². The van der Waals surface area contributed by atoms with Crippen molar-refractivity contribution in [1.82, 2.24) is 9.97 Å². The largest absolute Gasteiger partial charge is 0.368 e. The zero-order valence-electron chi connectivity index (χ0n) is 11.2. The van der Waals surface area contributed by atoms with Gasteiger partial charge in [-0.25, -0.2) is 4.98 Å². The number of aromatic nitrogens is 2. The summed E-state index contributed by atoms with van der Waals surface area (Å²) in [5, 5.41) is 3.14. The second kappa shape index (κ2) is 6.78. The molecule has 0 atom stereocenters. The standard InChI is InChI=1S/C12H21N5O/c1-4-6-14-12-15-9(3)7-11(16-12)17(5-2)8-10(13)18/h7H,4-6,8H2,1-3H3,(H2,13,18)(H,14,15,16). The van der Waals surface area contributed by atoms with Crippen LogP contribution in [0.25, 0.3) is 0 Å². The summed E-state index contributed by atoms with van der Waals surface area (Å²) in [6, 6.07) is 1.85. The van der Waals surface area contributed by atoms with Crippen molar-refractivity contribution < 1.29 is 4.79 Å². The third-order valence-electron chi connectivity index (χ3n) is 2.43. The normalized spacial score (nSPS) is 10.2. The van der Waals surface area contributed by atoms with Gasteiger partial charge in [0, 0.05) is 24.8 Å². The van der Waals surface area contributed by atoms with Crippen LogP contribution in [0.4, 0.5) is 11.8 Å². The lowest BCUT2D eigenvalue weighted by Gasteiger charge is -2.21. The van der Waals surface area contributed by atoms with Crippen LogP contribution in [0.3, 0.4) is 0 Å². The van der Waals surface area contributed by atoms with Gasteiger partial charge in [0.1, 0.15) is 5.82 Å². The minimum Gasteiger partial charge on any atom is -0.368 e. The zero-order valence-corrected chi connectivity index (χ0v) is 11.2. The van der Waals surface area contributed by atoms with Gasteiger partial charge in [-0.15, -0.1) is 0 Å². The molecule has 1 aromatic rings. The Hall–Kier alpha value is -1.85. The Morgan fingerprint density at radius 3 is 2.72 bits per heavy atom. The number of hydrogen-bond acceptors (Lipinski definition) is 5. The number of amides is 1. The quantitative estimate of drug-likeness (QED) is 0.752. The van der Waals surface area contributed by atoms with Crippen molar-refractivity contribution in [2.24, 2.45) is 5.73 Å². The van der Waals surface area contributed by atoms with Crippen LogP contribution in [0.5, 0.6) is 0 Å². The average Bonchev–Trinajstić information content (AvgIpc) is 2.32. The molecule has 1 aromatic heterocycles. The lowest BCUT2D eigenvalue weighted by atomic mass is 10.3. The maximum Gasteiger partial charge on any atom is 0.236 e. The minimum atomic E-state index is -0.365. The molecule has 1 amide bonds. The van der Waals surface area contributed by atoms with E-state index in [9.17, 15) is 4.79 Å². The summed E-state index contributed by atoms with van der Waals surface area (Å²) >= 11 is 0. The van der Waals surface area contributed by atoms with Crippen LogP contribution in [0, 0.1) is 6.92 Å². The third kappa shape index (κ3) is 4.20. The molecule has 0 aliphatic rings. The van der Waals surface area contributed by atoms with Crippen molar-refractivity contribution in [3.05, 3.63) is 11.8 Å². The van der Waals surface area contributed by atoms with Gasteiger partial charge in [0.05, 0.1) is 6.54 Å². The van der Waals surface area contributed by atoms with Crippen LogP contribution in [-0.2, 0) is 4.79 Å². The number of hydrogen-bond donors (Lipinski definition) is 2. The van der Waals surface area contributed by atoms with Crippen LogP contribution in [0.15, 0.2) is 6.07 Å². The fraction of sp³-hybridized carbons (Fsp3) is 0.583. The van der Waals surface area contributed by atoms with Crippen molar-refractivity contribution in [3.63, 3.8) is 0 Å². The van der Waals surface area contributed by atoms with Gasteiger partial charge in [-0.1, -0.05) is 6.92 Å². The molecule has 0 radical (unpaired) electrons. The predicted octanol–water partition coefficient (Wildman–Crippen LogP) is 0.919. The number of nitrogens with one attached hydrogen (secondary N) is 1. The lowest BCUT2D eigenvalue weighted by Crippen LogP contribution is -2.34. The molecule has 0 fully saturated rings. The smallest absolute Gasteiger partial charge is 0.236 e. The Kier molecular flexibility index (Phi) is 5.35. The molecule has 3 N–H and O–H groups in total. The molecule has 1 heterocycles. The van der Waals surface area contributed by atoms with Crippen molar-refractivity contribution in [1.29, 1.82) is 0 Å². The molecule has 1 rings (SSSR count). The van der Waals surface area contributed by atoms with Gasteiger partial charge in [0.15, 0.2) is 0 Å². The van der Waals surface area contributed by atoms with Gasteiger partial charge in [0.25, 0.3) is 0 Å². The first kappa shape index (κ1) is 14.2. The molecule has 0 aliphatic heterocycles. The van der Waals surface area contributed by atoms with E-state index in [1.165, 1.54) is 0 Å². The first-order valence-electron chi connectivity index (χ1n) is 6.19. The fourth-order valence-corrected chi connectivity index (χ4v) is 1.57. The second-order valence-electron chi connectivity index (χ2n) is 4.10. The van der Waals surface area contributed by atoms with E-state index in [4.69, 9.17) is 5.73 Å². The van der Waals surface area contributed by atoms with E-state index in [1.807, 2.05) is 24.8 Å². The Balaban J connectivity index is 2.91. The second-order valence-corrected chi connectivity index (χ2v) is 4.10. The summed E-state index contributed by atoms with van der Waals surface area (Å²) < 4.78 is 0. The van der Waals surface area contributed by atoms with E-state index in [0.717, 1.165) is 24.5 Å². The minimum absolute atomic E-state index is 0.167. The molecule has 0 unspecified atom stereocenters. The number of primary amides is 1. The molecular weight excluding hydrogens is 230 g/mol. The summed E-state index contributed by atoms with van der Waals surface area (Å²) in [6.07, 6.45) is 1.01. The fourth-order valence-electron chi connectivity index (χ4n) is 1.57. The molecule has 0 spiro atoms. The number of likely N-dealkylation sites (N-methyl/N-ethyl adjacent to an activating group) is 1. The highest BCUT2D eigenvalue weighted by Crippen LogP contribution is 2.14. The molecule has 100 valence electrons. The highest BCUT2D eigenvalue weighted by atomic mass is 16.1. The molecule has 0 saturated carbocycles. The number of carbonyl (C=O) groups excluding carboxylic acids is 1. The third-order valence-corrected chi connectivity index (χ3v) is 2.43. The molecule has 6 nitrogen and oxygen atoms in total. The first-order valence-corrected chi connectivity index (χ1v) is 6.19. The number of rotatable bonds is 7. The highest BCUT2D eigenvalue weighted by molar-refractivity contribution is 5.79. The Labute approximate surface area is 108 Å². The van der Waals surface area contributed by atoms with Gasteiger partial charge in [-0.05, 0) is 20.3 Å². The van der Waals surface area contributed by atoms with Crippen LogP contribution < -0.4 is 16.0 Å². The van der Waals surface area contributed by atoms with E-state index in [2.05, 4.69) is 22.2 Å². The summed E-state index contributed by atoms with van der Waals surface area (Å²) in [5.74, 6) is 0.952. The van der Waals surface area contributed by atoms with E-state index < -0.39 is 0 Å². The van der Waals surface area contributed by atoms with E-state index in [0.29, 0.717) is 12.5 Å². The molecular formula is C12H21N5O. The number of nitrogens with two attached hydrogens (primary N) is 1. The first-order chi connectivity index (χ1) is 8.56. The zero-order chi connectivity index (χ0) is 13.5. The summed E-state index contributed by atoms with van der Waals surface area (Å²) in [6.45, 7) is 7.60. The van der Waals surface area contributed by atoms with Crippen molar-refractivity contribution >= 4 is 17.7 Å². The molecule has 0 bridgehead atoms. The molecule has 0 aromatic carbocycles. The maximum absolute atomic E-state index is 11.0. The van der Waals surface area contributed by atoms with Crippen LogP contribution in [-0.4, -0.2) is 35.5 Å². The Morgan fingerprint density at radius 1 is 1.44 bits per heavy atom.